The van der Waals surface area contributed by atoms with Gasteiger partial charge in [-0.05, 0) is 18.5 Å². The van der Waals surface area contributed by atoms with Gasteiger partial charge in [-0.1, -0.05) is 0 Å². The van der Waals surface area contributed by atoms with E-state index in [0.717, 1.165) is 0 Å². The molecule has 0 radical (unpaired) electrons. The maximum absolute atomic E-state index is 8.33. The molecule has 0 bridgehead atoms. The van der Waals surface area contributed by atoms with E-state index in [2.05, 4.69) is 0 Å². The first-order valence-corrected chi connectivity index (χ1v) is 1.84. The van der Waals surface area contributed by atoms with Crippen molar-refractivity contribution in [3.63, 3.8) is 0 Å². The molecule has 88 valence electrons. The van der Waals surface area contributed by atoms with E-state index in [9.17, 15) is 0 Å². The van der Waals surface area contributed by atoms with Gasteiger partial charge in [0.25, 0.3) is 0 Å². The van der Waals surface area contributed by atoms with Gasteiger partial charge in [-0.25, -0.2) is 0 Å². The second kappa shape index (κ2) is 52.3. The molecule has 15 heteroatoms. The predicted molar refractivity (Wildman–Crippen MR) is 43.1 cm³/mol. The molecule has 0 fully saturated rings. The average molecular weight is 311 g/mol. The molecule has 0 aromatic heterocycles. The normalized spacial score (nSPS) is 4.00. The first-order chi connectivity index (χ1) is 5.20. The van der Waals surface area contributed by atoms with Crippen LogP contribution in [0.15, 0.2) is 0 Å². The average Bonchev–Trinajstić information content (AvgIpc) is 1.54. The van der Waals surface area contributed by atoms with Crippen molar-refractivity contribution < 1.29 is 56.0 Å². The Morgan fingerprint density at radius 1 is 0.444 bits per heavy atom. The van der Waals surface area contributed by atoms with Crippen LogP contribution < -0.4 is 30.6 Å². The third-order valence-corrected chi connectivity index (χ3v) is 0. The summed E-state index contributed by atoms with van der Waals surface area (Å²) < 4.78 is 0. The molecule has 0 aliphatic rings. The van der Waals surface area contributed by atoms with Gasteiger partial charge in [0.1, 0.15) is 0 Å². The van der Waals surface area contributed by atoms with E-state index in [1.165, 1.54) is 0 Å². The SMILES string of the molecule is O=C([O-])[O-].O=C([O-])[O-].O=C([O-])[O-].[Mg+2].[Mg+2].[Mg+2].[Mg+2].[OH-].[OH-]. The summed E-state index contributed by atoms with van der Waals surface area (Å²) >= 11 is 0. The van der Waals surface area contributed by atoms with E-state index in [4.69, 9.17) is 45.0 Å². The monoisotopic (exact) mass is 310 g/mol. The van der Waals surface area contributed by atoms with Gasteiger partial charge in [-0.2, -0.15) is 0 Å². The topological polar surface area (TPSA) is 250 Å². The van der Waals surface area contributed by atoms with Crippen LogP contribution in [-0.4, -0.2) is 122 Å². The van der Waals surface area contributed by atoms with Crippen LogP contribution >= 0.6 is 0 Å². The van der Waals surface area contributed by atoms with Crippen molar-refractivity contribution >= 4 is 111 Å². The van der Waals surface area contributed by atoms with Gasteiger partial charge in [-0.3, -0.25) is 0 Å². The fourth-order valence-corrected chi connectivity index (χ4v) is 0. The van der Waals surface area contributed by atoms with E-state index in [1.807, 2.05) is 0 Å². The third-order valence-electron chi connectivity index (χ3n) is 0. The van der Waals surface area contributed by atoms with Crippen LogP contribution in [0.3, 0.4) is 0 Å². The maximum atomic E-state index is 8.33. The molecule has 0 aliphatic heterocycles. The van der Waals surface area contributed by atoms with Crippen molar-refractivity contribution in [2.75, 3.05) is 0 Å². The second-order valence-electron chi connectivity index (χ2n) is 0.750. The Balaban J connectivity index is -0.00000000827. The van der Waals surface area contributed by atoms with Crippen LogP contribution in [-0.2, 0) is 0 Å². The van der Waals surface area contributed by atoms with E-state index in [1.54, 1.807) is 0 Å². The minimum Gasteiger partial charge on any atom is -0.870 e. The molecule has 0 aliphatic carbocycles. The van der Waals surface area contributed by atoms with Crippen LogP contribution in [0.1, 0.15) is 0 Å². The number of rotatable bonds is 0. The molecule has 0 saturated heterocycles. The smallest absolute Gasteiger partial charge is 0.870 e. The Kier molecular flexibility index (Phi) is 180. The number of carbonyl (C=O) groups is 3. The van der Waals surface area contributed by atoms with E-state index < -0.39 is 18.5 Å². The third kappa shape index (κ3) is 6630. The molecule has 0 saturated carbocycles. The van der Waals surface area contributed by atoms with Crippen LogP contribution in [0.25, 0.3) is 0 Å². The van der Waals surface area contributed by atoms with E-state index in [-0.39, 0.29) is 103 Å². The summed E-state index contributed by atoms with van der Waals surface area (Å²) in [7, 11) is 0. The van der Waals surface area contributed by atoms with E-state index >= 15 is 0 Å². The second-order valence-corrected chi connectivity index (χ2v) is 0.750. The Hall–Kier alpha value is 0.795. The number of carboxylic acid groups (broad SMARTS) is 6. The molecule has 18 heavy (non-hydrogen) atoms. The van der Waals surface area contributed by atoms with E-state index in [0.29, 0.717) is 0 Å². The quantitative estimate of drug-likeness (QED) is 0.379. The van der Waals surface area contributed by atoms with Crippen LogP contribution in [0, 0.1) is 0 Å². The summed E-state index contributed by atoms with van der Waals surface area (Å²) in [4.78, 5) is 25.0. The summed E-state index contributed by atoms with van der Waals surface area (Å²) in [5.74, 6) is 0. The largest absolute Gasteiger partial charge is 2.00 e. The van der Waals surface area contributed by atoms with Crippen molar-refractivity contribution in [1.82, 2.24) is 0 Å². The molecule has 0 heterocycles. The van der Waals surface area contributed by atoms with Crippen molar-refractivity contribution in [3.05, 3.63) is 0 Å². The summed E-state index contributed by atoms with van der Waals surface area (Å²) in [6.45, 7) is 0. The van der Waals surface area contributed by atoms with Gasteiger partial charge >= 0.3 is 92.2 Å². The van der Waals surface area contributed by atoms with Crippen molar-refractivity contribution in [1.29, 1.82) is 0 Å². The first-order valence-electron chi connectivity index (χ1n) is 1.84. The maximum Gasteiger partial charge on any atom is 2.00 e. The van der Waals surface area contributed by atoms with Crippen LogP contribution in [0.2, 0.25) is 0 Å². The van der Waals surface area contributed by atoms with Crippen LogP contribution in [0.4, 0.5) is 14.4 Å². The van der Waals surface area contributed by atoms with Crippen LogP contribution in [0.5, 0.6) is 0 Å². The summed E-state index contributed by atoms with van der Waals surface area (Å²) in [6, 6.07) is 0. The molecule has 11 nitrogen and oxygen atoms in total. The molecular formula is C3H2Mg4O11. The zero-order valence-corrected chi connectivity index (χ0v) is 14.6. The van der Waals surface area contributed by atoms with Gasteiger partial charge in [0.2, 0.25) is 0 Å². The zero-order chi connectivity index (χ0) is 10.7. The predicted octanol–water partition coefficient (Wildman–Crippen LogP) is -9.22. The van der Waals surface area contributed by atoms with Gasteiger partial charge in [0, 0.05) is 0 Å². The minimum absolute atomic E-state index is 0. The summed E-state index contributed by atoms with van der Waals surface area (Å²) in [6.07, 6.45) is -7.00. The summed E-state index contributed by atoms with van der Waals surface area (Å²) in [5.41, 5.74) is 0. The molecule has 0 unspecified atom stereocenters. The number of hydrogen-bond acceptors (Lipinski definition) is 11. The molecule has 0 spiro atoms. The van der Waals surface area contributed by atoms with Crippen molar-refractivity contribution in [3.8, 4) is 0 Å². The minimum atomic E-state index is -2.33. The molecule has 2 N–H and O–H groups in total. The molecular weight excluding hydrogens is 309 g/mol. The molecule has 0 aromatic rings. The Bertz CT molecular complexity index is 122. The van der Waals surface area contributed by atoms with Crippen molar-refractivity contribution in [2.45, 2.75) is 0 Å². The summed E-state index contributed by atoms with van der Waals surface area (Å²) in [5, 5.41) is 50.0. The Morgan fingerprint density at radius 3 is 0.444 bits per heavy atom. The van der Waals surface area contributed by atoms with Crippen molar-refractivity contribution in [2.24, 2.45) is 0 Å². The fourth-order valence-electron chi connectivity index (χ4n) is 0. The molecule has 0 atom stereocenters. The molecule has 0 amide bonds. The zero-order valence-electron chi connectivity index (χ0n) is 8.90. The molecule has 0 aromatic carbocycles. The number of hydrogen-bond donors (Lipinski definition) is 0. The van der Waals surface area contributed by atoms with Gasteiger partial charge < -0.3 is 56.0 Å². The van der Waals surface area contributed by atoms with Gasteiger partial charge in [0.05, 0.1) is 0 Å². The Morgan fingerprint density at radius 2 is 0.444 bits per heavy atom. The standard InChI is InChI=1S/3CH2O3.4Mg.2H2O/c3*2-1(3)4;;;;;;/h3*(H2,2,3,4);;;;;2*1H2/q;;;4*+2;;/p-8. The molecule has 0 rings (SSSR count). The number of carbonyl (C=O) groups excluding carboxylic acids is 3. The van der Waals surface area contributed by atoms with Gasteiger partial charge in [0.15, 0.2) is 0 Å². The Labute approximate surface area is 165 Å². The first kappa shape index (κ1) is 62.0. The fraction of sp³-hybridized carbons (Fsp3) is 0. The van der Waals surface area contributed by atoms with Gasteiger partial charge in [-0.15, -0.1) is 0 Å².